The van der Waals surface area contributed by atoms with Gasteiger partial charge in [0.15, 0.2) is 5.13 Å². The molecule has 2 aromatic heterocycles. The largest absolute Gasteiger partial charge is 0.416 e. The summed E-state index contributed by atoms with van der Waals surface area (Å²) in [7, 11) is 1.99. The summed E-state index contributed by atoms with van der Waals surface area (Å²) in [4.78, 5) is 25.9. The predicted molar refractivity (Wildman–Crippen MR) is 156 cm³/mol. The highest BCUT2D eigenvalue weighted by atomic mass is 32.1. The lowest BCUT2D eigenvalue weighted by Gasteiger charge is -2.33. The molecule has 1 aliphatic rings. The molecule has 2 aromatic carbocycles. The van der Waals surface area contributed by atoms with Gasteiger partial charge in [-0.25, -0.2) is 9.97 Å². The Morgan fingerprint density at radius 2 is 1.85 bits per heavy atom. The number of benzene rings is 2. The highest BCUT2D eigenvalue weighted by molar-refractivity contribution is 7.14. The molecule has 1 saturated heterocycles. The zero-order valence-corrected chi connectivity index (χ0v) is 23.4. The fourth-order valence-corrected chi connectivity index (χ4v) is 5.27. The predicted octanol–water partition coefficient (Wildman–Crippen LogP) is 5.86. The quantitative estimate of drug-likeness (QED) is 0.252. The molecular formula is C29H30F3N7OS. The molecular weight excluding hydrogens is 551 g/mol. The molecule has 0 saturated carbocycles. The second kappa shape index (κ2) is 11.9. The molecule has 41 heavy (non-hydrogen) atoms. The summed E-state index contributed by atoms with van der Waals surface area (Å²) in [5, 5.41) is 8.52. The first-order valence-electron chi connectivity index (χ1n) is 13.0. The lowest BCUT2D eigenvalue weighted by Crippen LogP contribution is -2.44. The molecule has 4 N–H and O–H groups in total. The third kappa shape index (κ3) is 7.02. The number of piperazine rings is 1. The number of rotatable bonds is 7. The number of halogens is 3. The number of amides is 1. The van der Waals surface area contributed by atoms with Crippen LogP contribution in [0.25, 0.3) is 11.3 Å². The SMILES string of the molecule is Cc1ccc(NC(=O)c2ccc(CN3CCN(C)CC3)c(C(F)(F)F)c2)cc1Nc1nc(-c2ccc(N)nc2)cs1. The van der Waals surface area contributed by atoms with Crippen LogP contribution in [0.5, 0.6) is 0 Å². The number of pyridine rings is 1. The Hall–Kier alpha value is -4.00. The zero-order chi connectivity index (χ0) is 29.1. The Bertz CT molecular complexity index is 1530. The summed E-state index contributed by atoms with van der Waals surface area (Å²) >= 11 is 1.41. The van der Waals surface area contributed by atoms with Crippen LogP contribution in [0.3, 0.4) is 0 Å². The minimum absolute atomic E-state index is 0.0591. The molecule has 0 bridgehead atoms. The minimum Gasteiger partial charge on any atom is -0.384 e. The minimum atomic E-state index is -4.58. The molecule has 0 radical (unpaired) electrons. The molecule has 8 nitrogen and oxygen atoms in total. The van der Waals surface area contributed by atoms with Gasteiger partial charge in [0.05, 0.1) is 11.3 Å². The van der Waals surface area contributed by atoms with Crippen molar-refractivity contribution in [3.05, 3.63) is 82.4 Å². The fourth-order valence-electron chi connectivity index (χ4n) is 4.54. The van der Waals surface area contributed by atoms with Crippen molar-refractivity contribution in [1.82, 2.24) is 19.8 Å². The molecule has 0 aliphatic carbocycles. The number of aryl methyl sites for hydroxylation is 1. The molecule has 4 aromatic rings. The van der Waals surface area contributed by atoms with Gasteiger partial charge in [0, 0.05) is 66.8 Å². The monoisotopic (exact) mass is 581 g/mol. The van der Waals surface area contributed by atoms with E-state index in [0.29, 0.717) is 35.4 Å². The number of carbonyl (C=O) groups excluding carboxylic acids is 1. The molecule has 1 aliphatic heterocycles. The van der Waals surface area contributed by atoms with Crippen molar-refractivity contribution in [3.8, 4) is 11.3 Å². The maximum Gasteiger partial charge on any atom is 0.416 e. The van der Waals surface area contributed by atoms with Crippen molar-refractivity contribution >= 4 is 39.6 Å². The number of nitrogens with zero attached hydrogens (tertiary/aromatic N) is 4. The second-order valence-corrected chi connectivity index (χ2v) is 10.9. The average molecular weight is 582 g/mol. The highest BCUT2D eigenvalue weighted by Crippen LogP contribution is 2.34. The number of anilines is 4. The number of likely N-dealkylation sites (N-methyl/N-ethyl adjacent to an activating group) is 1. The van der Waals surface area contributed by atoms with Gasteiger partial charge in [-0.1, -0.05) is 12.1 Å². The second-order valence-electron chi connectivity index (χ2n) is 10.1. The van der Waals surface area contributed by atoms with E-state index in [2.05, 4.69) is 25.5 Å². The van der Waals surface area contributed by atoms with Gasteiger partial charge in [-0.05, 0) is 61.5 Å². The van der Waals surface area contributed by atoms with Crippen LogP contribution in [0.1, 0.15) is 27.0 Å². The van der Waals surface area contributed by atoms with E-state index in [1.54, 1.807) is 24.4 Å². The summed E-state index contributed by atoms with van der Waals surface area (Å²) in [5.74, 6) is -0.197. The topological polar surface area (TPSA) is 99.4 Å². The van der Waals surface area contributed by atoms with Crippen molar-refractivity contribution in [3.63, 3.8) is 0 Å². The van der Waals surface area contributed by atoms with Gasteiger partial charge in [-0.2, -0.15) is 13.2 Å². The Morgan fingerprint density at radius 3 is 2.56 bits per heavy atom. The molecule has 0 atom stereocenters. The van der Waals surface area contributed by atoms with E-state index >= 15 is 0 Å². The number of nitrogens with one attached hydrogen (secondary N) is 2. The van der Waals surface area contributed by atoms with Crippen LogP contribution in [0, 0.1) is 6.92 Å². The summed E-state index contributed by atoms with van der Waals surface area (Å²) in [6, 6.07) is 12.6. The van der Waals surface area contributed by atoms with E-state index in [-0.39, 0.29) is 17.7 Å². The number of alkyl halides is 3. The Labute approximate surface area is 240 Å². The van der Waals surface area contributed by atoms with E-state index < -0.39 is 17.6 Å². The fraction of sp³-hybridized carbons (Fsp3) is 0.276. The van der Waals surface area contributed by atoms with Gasteiger partial charge in [0.25, 0.3) is 5.91 Å². The van der Waals surface area contributed by atoms with Crippen LogP contribution < -0.4 is 16.4 Å². The van der Waals surface area contributed by atoms with E-state index in [1.165, 1.54) is 23.5 Å². The van der Waals surface area contributed by atoms with Crippen molar-refractivity contribution in [2.75, 3.05) is 49.6 Å². The molecule has 12 heteroatoms. The lowest BCUT2D eigenvalue weighted by molar-refractivity contribution is -0.138. The number of carbonyl (C=O) groups is 1. The maximum absolute atomic E-state index is 14.0. The van der Waals surface area contributed by atoms with Crippen LogP contribution >= 0.6 is 11.3 Å². The third-order valence-corrected chi connectivity index (χ3v) is 7.75. The van der Waals surface area contributed by atoms with E-state index in [1.807, 2.05) is 36.4 Å². The van der Waals surface area contributed by atoms with Crippen molar-refractivity contribution in [1.29, 1.82) is 0 Å². The van der Waals surface area contributed by atoms with Gasteiger partial charge < -0.3 is 21.3 Å². The normalized spacial score (nSPS) is 14.7. The van der Waals surface area contributed by atoms with Gasteiger partial charge in [0.2, 0.25) is 0 Å². The first-order chi connectivity index (χ1) is 19.5. The van der Waals surface area contributed by atoms with Gasteiger partial charge in [0.1, 0.15) is 5.82 Å². The standard InChI is InChI=1S/C29H30F3N7OS/c1-18-3-7-22(14-24(18)36-28-37-25(17-41-28)20-6-8-26(33)34-15-20)35-27(40)19-4-5-21(23(13-19)29(30,31)32)16-39-11-9-38(2)10-12-39/h3-8,13-15,17H,9-12,16H2,1-2H3,(H2,33,34)(H,35,40)(H,36,37). The summed E-state index contributed by atoms with van der Waals surface area (Å²) in [6.07, 6.45) is -2.92. The van der Waals surface area contributed by atoms with E-state index in [0.717, 1.165) is 36.0 Å². The molecule has 5 rings (SSSR count). The van der Waals surface area contributed by atoms with Crippen LogP contribution in [-0.4, -0.2) is 58.9 Å². The van der Waals surface area contributed by atoms with E-state index in [4.69, 9.17) is 5.73 Å². The number of thiazole rings is 1. The summed E-state index contributed by atoms with van der Waals surface area (Å²) in [6.45, 7) is 5.09. The van der Waals surface area contributed by atoms with Crippen LogP contribution in [0.15, 0.2) is 60.1 Å². The first-order valence-corrected chi connectivity index (χ1v) is 13.9. The van der Waals surface area contributed by atoms with Crippen molar-refractivity contribution < 1.29 is 18.0 Å². The van der Waals surface area contributed by atoms with Crippen molar-refractivity contribution in [2.45, 2.75) is 19.6 Å². The number of nitrogens with two attached hydrogens (primary N) is 1. The smallest absolute Gasteiger partial charge is 0.384 e. The first kappa shape index (κ1) is 28.5. The van der Waals surface area contributed by atoms with E-state index in [9.17, 15) is 18.0 Å². The number of nitrogen functional groups attached to an aromatic ring is 1. The molecule has 214 valence electrons. The molecule has 0 spiro atoms. The average Bonchev–Trinajstić information content (AvgIpc) is 3.40. The molecule has 1 fully saturated rings. The number of hydrogen-bond donors (Lipinski definition) is 3. The Morgan fingerprint density at radius 1 is 1.07 bits per heavy atom. The maximum atomic E-state index is 14.0. The van der Waals surface area contributed by atoms with Gasteiger partial charge >= 0.3 is 6.18 Å². The van der Waals surface area contributed by atoms with Crippen LogP contribution in [0.2, 0.25) is 0 Å². The Balaban J connectivity index is 1.30. The molecule has 3 heterocycles. The number of aromatic nitrogens is 2. The molecule has 0 unspecified atom stereocenters. The lowest BCUT2D eigenvalue weighted by atomic mass is 10.0. The number of hydrogen-bond acceptors (Lipinski definition) is 8. The van der Waals surface area contributed by atoms with Crippen LogP contribution in [-0.2, 0) is 12.7 Å². The zero-order valence-electron chi connectivity index (χ0n) is 22.6. The van der Waals surface area contributed by atoms with Crippen LogP contribution in [0.4, 0.5) is 35.5 Å². The van der Waals surface area contributed by atoms with Gasteiger partial charge in [-0.15, -0.1) is 11.3 Å². The third-order valence-electron chi connectivity index (χ3n) is 6.99. The summed E-state index contributed by atoms with van der Waals surface area (Å²) < 4.78 is 42.0. The summed E-state index contributed by atoms with van der Waals surface area (Å²) in [5.41, 5.74) is 8.60. The van der Waals surface area contributed by atoms with Gasteiger partial charge in [-0.3, -0.25) is 9.69 Å². The molecule has 1 amide bonds. The van der Waals surface area contributed by atoms with Crippen molar-refractivity contribution in [2.24, 2.45) is 0 Å². The Kier molecular flexibility index (Phi) is 8.25. The highest BCUT2D eigenvalue weighted by Gasteiger charge is 2.34.